The summed E-state index contributed by atoms with van der Waals surface area (Å²) in [5.74, 6) is -2.23. The maximum absolute atomic E-state index is 11.5. The first-order valence-electron chi connectivity index (χ1n) is 6.23. The largest absolute Gasteiger partial charge is 0.478 e. The van der Waals surface area contributed by atoms with Crippen LogP contribution in [0.5, 0.6) is 0 Å². The third kappa shape index (κ3) is 3.31. The minimum absolute atomic E-state index is 0.0203. The van der Waals surface area contributed by atoms with Gasteiger partial charge in [-0.05, 0) is 48.2 Å². The Hall–Kier alpha value is -2.14. The molecule has 2 aromatic rings. The molecule has 0 saturated heterocycles. The lowest BCUT2D eigenvalue weighted by Crippen LogP contribution is -2.11. The maximum Gasteiger partial charge on any atom is 0.336 e. The molecule has 2 N–H and O–H groups in total. The van der Waals surface area contributed by atoms with Crippen molar-refractivity contribution in [2.24, 2.45) is 0 Å². The van der Waals surface area contributed by atoms with Crippen LogP contribution in [0, 0.1) is 6.92 Å². The summed E-state index contributed by atoms with van der Waals surface area (Å²) < 4.78 is 0.946. The SMILES string of the molecule is Cc1c(C(=O)O)ccc(Cc2ccc(Br)cc2)c1C(=O)O. The summed E-state index contributed by atoms with van der Waals surface area (Å²) in [6.45, 7) is 1.53. The molecule has 0 heterocycles. The molecule has 0 unspecified atom stereocenters. The summed E-state index contributed by atoms with van der Waals surface area (Å²) in [4.78, 5) is 22.6. The van der Waals surface area contributed by atoms with E-state index < -0.39 is 11.9 Å². The van der Waals surface area contributed by atoms with Crippen LogP contribution in [0.15, 0.2) is 40.9 Å². The van der Waals surface area contributed by atoms with Gasteiger partial charge in [-0.3, -0.25) is 0 Å². The third-order valence-corrected chi connectivity index (χ3v) is 3.83. The van der Waals surface area contributed by atoms with Gasteiger partial charge < -0.3 is 10.2 Å². The molecule has 5 heteroatoms. The molecule has 0 aliphatic heterocycles. The second-order valence-electron chi connectivity index (χ2n) is 4.69. The van der Waals surface area contributed by atoms with Gasteiger partial charge in [-0.2, -0.15) is 0 Å². The van der Waals surface area contributed by atoms with Crippen molar-refractivity contribution in [2.45, 2.75) is 13.3 Å². The number of halogens is 1. The zero-order valence-electron chi connectivity index (χ0n) is 11.3. The average molecular weight is 349 g/mol. The summed E-state index contributed by atoms with van der Waals surface area (Å²) >= 11 is 3.35. The quantitative estimate of drug-likeness (QED) is 0.882. The highest BCUT2D eigenvalue weighted by Gasteiger charge is 2.19. The fraction of sp³-hybridized carbons (Fsp3) is 0.125. The number of hydrogen-bond acceptors (Lipinski definition) is 2. The van der Waals surface area contributed by atoms with Crippen molar-refractivity contribution in [3.63, 3.8) is 0 Å². The van der Waals surface area contributed by atoms with Crippen LogP contribution in [0.3, 0.4) is 0 Å². The highest BCUT2D eigenvalue weighted by Crippen LogP contribution is 2.22. The first-order valence-corrected chi connectivity index (χ1v) is 7.03. The number of carboxylic acids is 2. The van der Waals surface area contributed by atoms with Crippen molar-refractivity contribution in [1.82, 2.24) is 0 Å². The van der Waals surface area contributed by atoms with E-state index in [1.54, 1.807) is 6.07 Å². The molecule has 0 amide bonds. The molecule has 0 radical (unpaired) electrons. The molecule has 0 aliphatic carbocycles. The number of aromatic carboxylic acids is 2. The van der Waals surface area contributed by atoms with E-state index in [1.165, 1.54) is 13.0 Å². The van der Waals surface area contributed by atoms with Crippen molar-refractivity contribution in [3.05, 3.63) is 68.7 Å². The molecule has 21 heavy (non-hydrogen) atoms. The molecule has 108 valence electrons. The number of carbonyl (C=O) groups is 2. The first-order chi connectivity index (χ1) is 9.90. The molecule has 2 aromatic carbocycles. The molecule has 0 aromatic heterocycles. The number of benzene rings is 2. The normalized spacial score (nSPS) is 10.4. The smallest absolute Gasteiger partial charge is 0.336 e. The minimum Gasteiger partial charge on any atom is -0.478 e. The van der Waals surface area contributed by atoms with Crippen molar-refractivity contribution in [3.8, 4) is 0 Å². The van der Waals surface area contributed by atoms with E-state index in [9.17, 15) is 14.7 Å². The van der Waals surface area contributed by atoms with E-state index in [-0.39, 0.29) is 16.7 Å². The molecule has 0 atom stereocenters. The van der Waals surface area contributed by atoms with Crippen LogP contribution < -0.4 is 0 Å². The molecule has 0 bridgehead atoms. The Labute approximate surface area is 130 Å². The molecule has 0 spiro atoms. The predicted molar refractivity (Wildman–Crippen MR) is 82.0 cm³/mol. The average Bonchev–Trinajstić information content (AvgIpc) is 2.40. The summed E-state index contributed by atoms with van der Waals surface area (Å²) in [6.07, 6.45) is 0.440. The van der Waals surface area contributed by atoms with Gasteiger partial charge in [-0.25, -0.2) is 9.59 Å². The molecular weight excluding hydrogens is 336 g/mol. The van der Waals surface area contributed by atoms with E-state index in [2.05, 4.69) is 15.9 Å². The van der Waals surface area contributed by atoms with E-state index in [4.69, 9.17) is 5.11 Å². The monoisotopic (exact) mass is 348 g/mol. The van der Waals surface area contributed by atoms with Crippen molar-refractivity contribution >= 4 is 27.9 Å². The Morgan fingerprint density at radius 3 is 2.14 bits per heavy atom. The molecule has 4 nitrogen and oxygen atoms in total. The Kier molecular flexibility index (Phi) is 4.43. The van der Waals surface area contributed by atoms with Crippen molar-refractivity contribution in [1.29, 1.82) is 0 Å². The van der Waals surface area contributed by atoms with Gasteiger partial charge in [0.2, 0.25) is 0 Å². The Morgan fingerprint density at radius 2 is 1.62 bits per heavy atom. The van der Waals surface area contributed by atoms with E-state index >= 15 is 0 Å². The van der Waals surface area contributed by atoms with Crippen LogP contribution in [0.4, 0.5) is 0 Å². The van der Waals surface area contributed by atoms with Crippen LogP contribution in [0.1, 0.15) is 37.4 Å². The summed E-state index contributed by atoms with van der Waals surface area (Å²) in [5, 5.41) is 18.5. The van der Waals surface area contributed by atoms with Crippen LogP contribution >= 0.6 is 15.9 Å². The van der Waals surface area contributed by atoms with Gasteiger partial charge in [0.05, 0.1) is 11.1 Å². The Bertz CT molecular complexity index is 705. The molecule has 2 rings (SSSR count). The van der Waals surface area contributed by atoms with Crippen molar-refractivity contribution in [2.75, 3.05) is 0 Å². The molecule has 0 fully saturated rings. The summed E-state index contributed by atoms with van der Waals surface area (Å²) in [7, 11) is 0. The zero-order chi connectivity index (χ0) is 15.6. The van der Waals surface area contributed by atoms with E-state index in [0.29, 0.717) is 12.0 Å². The van der Waals surface area contributed by atoms with Crippen LogP contribution in [-0.4, -0.2) is 22.2 Å². The fourth-order valence-electron chi connectivity index (χ4n) is 2.27. The van der Waals surface area contributed by atoms with Gasteiger partial charge in [0, 0.05) is 4.47 Å². The van der Waals surface area contributed by atoms with E-state index in [1.807, 2.05) is 24.3 Å². The topological polar surface area (TPSA) is 74.6 Å². The number of carboxylic acid groups (broad SMARTS) is 2. The Balaban J connectivity index is 2.48. The van der Waals surface area contributed by atoms with Crippen molar-refractivity contribution < 1.29 is 19.8 Å². The lowest BCUT2D eigenvalue weighted by Gasteiger charge is -2.11. The van der Waals surface area contributed by atoms with E-state index in [0.717, 1.165) is 10.0 Å². The lowest BCUT2D eigenvalue weighted by molar-refractivity contribution is 0.0695. The summed E-state index contributed by atoms with van der Waals surface area (Å²) in [5.41, 5.74) is 1.94. The van der Waals surface area contributed by atoms with Gasteiger partial charge in [0.25, 0.3) is 0 Å². The van der Waals surface area contributed by atoms with Gasteiger partial charge in [0.15, 0.2) is 0 Å². The predicted octanol–water partition coefficient (Wildman–Crippen LogP) is 3.74. The summed E-state index contributed by atoms with van der Waals surface area (Å²) in [6, 6.07) is 10.6. The molecular formula is C16H13BrO4. The molecule has 0 aliphatic rings. The third-order valence-electron chi connectivity index (χ3n) is 3.30. The van der Waals surface area contributed by atoms with Crippen LogP contribution in [-0.2, 0) is 6.42 Å². The van der Waals surface area contributed by atoms with Crippen LogP contribution in [0.25, 0.3) is 0 Å². The fourth-order valence-corrected chi connectivity index (χ4v) is 2.53. The van der Waals surface area contributed by atoms with Gasteiger partial charge >= 0.3 is 11.9 Å². The lowest BCUT2D eigenvalue weighted by atomic mass is 9.93. The second-order valence-corrected chi connectivity index (χ2v) is 5.60. The number of hydrogen-bond donors (Lipinski definition) is 2. The minimum atomic E-state index is -1.12. The second kappa shape index (κ2) is 6.10. The van der Waals surface area contributed by atoms with Gasteiger partial charge in [0.1, 0.15) is 0 Å². The van der Waals surface area contributed by atoms with Crippen LogP contribution in [0.2, 0.25) is 0 Å². The van der Waals surface area contributed by atoms with Gasteiger partial charge in [-0.15, -0.1) is 0 Å². The standard InChI is InChI=1S/C16H13BrO4/c1-9-13(15(18)19)7-4-11(14(9)16(20)21)8-10-2-5-12(17)6-3-10/h2-7H,8H2,1H3,(H,18,19)(H,20,21). The number of rotatable bonds is 4. The first kappa shape index (κ1) is 15.3. The maximum atomic E-state index is 11.5. The Morgan fingerprint density at radius 1 is 1.00 bits per heavy atom. The molecule has 0 saturated carbocycles. The highest BCUT2D eigenvalue weighted by atomic mass is 79.9. The zero-order valence-corrected chi connectivity index (χ0v) is 12.8. The van der Waals surface area contributed by atoms with Gasteiger partial charge in [-0.1, -0.05) is 34.1 Å². The highest BCUT2D eigenvalue weighted by molar-refractivity contribution is 9.10.